The summed E-state index contributed by atoms with van der Waals surface area (Å²) in [5.41, 5.74) is 7.58. The molecule has 4 aromatic carbocycles. The highest BCUT2D eigenvalue weighted by molar-refractivity contribution is 14.1. The van der Waals surface area contributed by atoms with E-state index in [4.69, 9.17) is 31.9 Å². The minimum Gasteiger partial charge on any atom is -0.506 e. The molecule has 0 amide bonds. The van der Waals surface area contributed by atoms with Crippen LogP contribution in [0.3, 0.4) is 0 Å². The second-order valence-corrected chi connectivity index (χ2v) is 18.2. The fraction of sp³-hybridized carbons (Fsp3) is 0.325. The van der Waals surface area contributed by atoms with Crippen LogP contribution in [0.2, 0.25) is 5.02 Å². The van der Waals surface area contributed by atoms with E-state index in [-0.39, 0.29) is 30.3 Å². The second-order valence-electron chi connectivity index (χ2n) is 13.1. The van der Waals surface area contributed by atoms with Crippen molar-refractivity contribution < 1.29 is 24.5 Å². The zero-order chi connectivity index (χ0) is 41.1. The molecule has 18 heteroatoms. The quantitative estimate of drug-likeness (QED) is 0.0872. The van der Waals surface area contributed by atoms with Crippen LogP contribution in [0.4, 0.5) is 5.69 Å². The number of aryl methyl sites for hydroxylation is 2. The van der Waals surface area contributed by atoms with Gasteiger partial charge in [-0.1, -0.05) is 42.8 Å². The summed E-state index contributed by atoms with van der Waals surface area (Å²) in [6, 6.07) is 24.1. The second kappa shape index (κ2) is 23.8. The van der Waals surface area contributed by atoms with Gasteiger partial charge in [0.1, 0.15) is 35.7 Å². The standard InChI is InChI=1S/C25H32ClN5O2.C15H11I4NO4.ClH/c1-2-24-27-31(25(32)30(24)18-19-33-23-10-4-3-5-11-23)13-7-12-28-14-16-29(17-15-28)22-9-6-8-21(26)20-22;16-8-4-7(5-9(17)13(8)21)24-14-10(18)1-6(2-11(14)19)3-12(20)15(22)23;/h3-6,8-11,20H,2,7,12-19H2,1H3;1-2,4-5,12,21H,3,20H2,(H,22,23);1H/t;12-;/m.0./s1. The normalized spacial score (nSPS) is 13.3. The number of piperazine rings is 1. The molecule has 4 N–H and O–H groups in total. The van der Waals surface area contributed by atoms with Crippen molar-refractivity contribution in [1.29, 1.82) is 0 Å². The number of phenolic OH excluding ortho intramolecular Hbond substituents is 1. The number of aromatic hydroxyl groups is 1. The number of hydrogen-bond acceptors (Lipinski definition) is 9. The largest absolute Gasteiger partial charge is 0.506 e. The van der Waals surface area contributed by atoms with Gasteiger partial charge in [0.2, 0.25) is 0 Å². The molecule has 5 aromatic rings. The van der Waals surface area contributed by atoms with E-state index >= 15 is 0 Å². The van der Waals surface area contributed by atoms with Crippen molar-refractivity contribution >= 4 is 126 Å². The number of carboxylic acid groups (broad SMARTS) is 1. The van der Waals surface area contributed by atoms with Crippen LogP contribution in [0.25, 0.3) is 0 Å². The minimum atomic E-state index is -1.02. The van der Waals surface area contributed by atoms with Crippen LogP contribution in [-0.2, 0) is 30.7 Å². The third-order valence-corrected chi connectivity index (χ3v) is 12.6. The summed E-state index contributed by atoms with van der Waals surface area (Å²) in [6.45, 7) is 8.54. The smallest absolute Gasteiger partial charge is 0.346 e. The van der Waals surface area contributed by atoms with E-state index in [1.165, 1.54) is 5.69 Å². The summed E-state index contributed by atoms with van der Waals surface area (Å²) in [7, 11) is 0. The molecule has 58 heavy (non-hydrogen) atoms. The third kappa shape index (κ3) is 14.0. The average molecular weight is 1280 g/mol. The van der Waals surface area contributed by atoms with Crippen LogP contribution in [0.5, 0.6) is 23.0 Å². The van der Waals surface area contributed by atoms with Gasteiger partial charge in [0.15, 0.2) is 5.75 Å². The maximum absolute atomic E-state index is 12.9. The Kier molecular flexibility index (Phi) is 19.9. The van der Waals surface area contributed by atoms with Crippen LogP contribution < -0.4 is 25.8 Å². The van der Waals surface area contributed by atoms with Crippen molar-refractivity contribution in [3.05, 3.63) is 120 Å². The highest BCUT2D eigenvalue weighted by Crippen LogP contribution is 2.37. The first-order valence-corrected chi connectivity index (χ1v) is 22.9. The van der Waals surface area contributed by atoms with E-state index in [2.05, 4.69) is 111 Å². The Morgan fingerprint density at radius 3 is 2.14 bits per heavy atom. The number of rotatable bonds is 15. The molecule has 0 aliphatic carbocycles. The zero-order valence-electron chi connectivity index (χ0n) is 31.5. The van der Waals surface area contributed by atoms with Crippen molar-refractivity contribution in [3.8, 4) is 23.0 Å². The van der Waals surface area contributed by atoms with Crippen molar-refractivity contribution in [2.24, 2.45) is 5.73 Å². The maximum atomic E-state index is 12.9. The first-order valence-electron chi connectivity index (χ1n) is 18.2. The molecule has 2 heterocycles. The molecule has 6 rings (SSSR count). The number of benzene rings is 4. The number of para-hydroxylation sites is 1. The predicted octanol–water partition coefficient (Wildman–Crippen LogP) is 8.53. The Morgan fingerprint density at radius 1 is 0.879 bits per heavy atom. The van der Waals surface area contributed by atoms with Gasteiger partial charge in [0.25, 0.3) is 0 Å². The van der Waals surface area contributed by atoms with Crippen LogP contribution >= 0.6 is 114 Å². The number of anilines is 1. The van der Waals surface area contributed by atoms with E-state index < -0.39 is 12.0 Å². The van der Waals surface area contributed by atoms with Gasteiger partial charge in [0.05, 0.1) is 20.8 Å². The Bertz CT molecular complexity index is 2140. The van der Waals surface area contributed by atoms with Gasteiger partial charge in [0, 0.05) is 56.4 Å². The molecule has 0 radical (unpaired) electrons. The van der Waals surface area contributed by atoms with Crippen LogP contribution in [0.15, 0.2) is 83.7 Å². The maximum Gasteiger partial charge on any atom is 0.346 e. The molecule has 1 aliphatic rings. The minimum absolute atomic E-state index is 0. The Labute approximate surface area is 403 Å². The van der Waals surface area contributed by atoms with Crippen LogP contribution in [0.1, 0.15) is 24.7 Å². The summed E-state index contributed by atoms with van der Waals surface area (Å²) in [6.07, 6.45) is 1.88. The highest BCUT2D eigenvalue weighted by atomic mass is 127. The molecule has 1 aromatic heterocycles. The first kappa shape index (κ1) is 48.6. The molecule has 0 unspecified atom stereocenters. The summed E-state index contributed by atoms with van der Waals surface area (Å²) in [5, 5.41) is 24.1. The van der Waals surface area contributed by atoms with Gasteiger partial charge in [-0.25, -0.2) is 9.48 Å². The van der Waals surface area contributed by atoms with Gasteiger partial charge < -0.3 is 30.3 Å². The van der Waals surface area contributed by atoms with Crippen LogP contribution in [0, 0.1) is 14.3 Å². The molecule has 1 aliphatic heterocycles. The molecular formula is C40H44Cl2I4N6O6. The zero-order valence-corrected chi connectivity index (χ0v) is 41.7. The van der Waals surface area contributed by atoms with E-state index in [0.717, 1.165) is 74.9 Å². The molecule has 12 nitrogen and oxygen atoms in total. The molecule has 1 saturated heterocycles. The molecular weight excluding hydrogens is 1240 g/mol. The molecule has 0 bridgehead atoms. The number of carboxylic acids is 1. The van der Waals surface area contributed by atoms with Crippen LogP contribution in [-0.4, -0.2) is 80.8 Å². The number of nitrogens with zero attached hydrogens (tertiary/aromatic N) is 5. The molecule has 1 fully saturated rings. The molecule has 0 spiro atoms. The number of ether oxygens (including phenoxy) is 2. The first-order chi connectivity index (χ1) is 27.3. The monoisotopic (exact) mass is 1280 g/mol. The Balaban J connectivity index is 0.000000265. The molecule has 312 valence electrons. The summed E-state index contributed by atoms with van der Waals surface area (Å²) in [4.78, 5) is 28.6. The Hall–Kier alpha value is -2.09. The van der Waals surface area contributed by atoms with E-state index in [9.17, 15) is 14.7 Å². The van der Waals surface area contributed by atoms with Crippen molar-refractivity contribution in [2.45, 2.75) is 45.3 Å². The predicted molar refractivity (Wildman–Crippen MR) is 265 cm³/mol. The number of aliphatic carboxylic acids is 1. The van der Waals surface area contributed by atoms with E-state index in [1.54, 1.807) is 21.4 Å². The average Bonchev–Trinajstić information content (AvgIpc) is 3.49. The number of carbonyl (C=O) groups is 1. The molecule has 1 atom stereocenters. The van der Waals surface area contributed by atoms with Crippen molar-refractivity contribution in [2.75, 3.05) is 44.2 Å². The number of phenols is 1. The third-order valence-electron chi connectivity index (χ3n) is 9.07. The Morgan fingerprint density at radius 2 is 1.53 bits per heavy atom. The summed E-state index contributed by atoms with van der Waals surface area (Å²) >= 11 is 14.5. The number of hydrogen-bond donors (Lipinski definition) is 3. The fourth-order valence-electron chi connectivity index (χ4n) is 6.12. The van der Waals surface area contributed by atoms with Crippen molar-refractivity contribution in [1.82, 2.24) is 19.2 Å². The number of halogens is 6. The van der Waals surface area contributed by atoms with Gasteiger partial charge in [-0.3, -0.25) is 14.3 Å². The van der Waals surface area contributed by atoms with Gasteiger partial charge >= 0.3 is 11.7 Å². The lowest BCUT2D eigenvalue weighted by molar-refractivity contribution is -0.138. The highest BCUT2D eigenvalue weighted by Gasteiger charge is 2.19. The molecule has 0 saturated carbocycles. The summed E-state index contributed by atoms with van der Waals surface area (Å²) < 4.78 is 18.3. The van der Waals surface area contributed by atoms with E-state index in [0.29, 0.717) is 38.3 Å². The van der Waals surface area contributed by atoms with Gasteiger partial charge in [-0.05, 0) is 163 Å². The van der Waals surface area contributed by atoms with Crippen molar-refractivity contribution in [3.63, 3.8) is 0 Å². The fourth-order valence-corrected chi connectivity index (χ4v) is 10.1. The topological polar surface area (TPSA) is 148 Å². The van der Waals surface area contributed by atoms with E-state index in [1.807, 2.05) is 67.6 Å². The lowest BCUT2D eigenvalue weighted by Gasteiger charge is -2.36. The number of aromatic nitrogens is 3. The lowest BCUT2D eigenvalue weighted by Crippen LogP contribution is -2.46. The SMILES string of the molecule is CCc1nn(CCCN2CCN(c3cccc(Cl)c3)CC2)c(=O)n1CCOc1ccccc1.Cl.N[C@@H](Cc1cc(I)c(Oc2cc(I)c(O)c(I)c2)c(I)c1)C(=O)O. The summed E-state index contributed by atoms with van der Waals surface area (Å²) in [5.74, 6) is 2.17. The van der Waals surface area contributed by atoms with Gasteiger partial charge in [-0.15, -0.1) is 12.4 Å². The number of nitrogens with two attached hydrogens (primary N) is 1. The lowest BCUT2D eigenvalue weighted by atomic mass is 10.1. The van der Waals surface area contributed by atoms with Gasteiger partial charge in [-0.2, -0.15) is 5.10 Å².